The van der Waals surface area contributed by atoms with Crippen LogP contribution < -0.4 is 5.01 Å². The van der Waals surface area contributed by atoms with Crippen LogP contribution in [0.1, 0.15) is 19.4 Å². The average molecular weight is 714 g/mol. The van der Waals surface area contributed by atoms with Crippen molar-refractivity contribution < 1.29 is 24.5 Å². The summed E-state index contributed by atoms with van der Waals surface area (Å²) >= 11 is 0. The van der Waals surface area contributed by atoms with Crippen molar-refractivity contribution in [1.82, 2.24) is 9.88 Å². The van der Waals surface area contributed by atoms with E-state index in [1.807, 2.05) is 97.0 Å². The summed E-state index contributed by atoms with van der Waals surface area (Å²) in [4.78, 5) is 6.61. The van der Waals surface area contributed by atoms with Gasteiger partial charge in [-0.15, -0.1) is 42.6 Å². The van der Waals surface area contributed by atoms with Crippen LogP contribution in [0.3, 0.4) is 0 Å². The molecule has 0 amide bonds. The van der Waals surface area contributed by atoms with Gasteiger partial charge in [0, 0.05) is 22.7 Å². The molecule has 0 radical (unpaired) electrons. The van der Waals surface area contributed by atoms with Crippen molar-refractivity contribution in [3.05, 3.63) is 128 Å². The molecule has 0 atom stereocenters. The average Bonchev–Trinajstić information content (AvgIpc) is 3.64. The van der Waals surface area contributed by atoms with Crippen molar-refractivity contribution >= 4 is 34.0 Å². The van der Waals surface area contributed by atoms with Gasteiger partial charge >= 0.3 is 20.1 Å². The quantitative estimate of drug-likeness (QED) is 0.172. The predicted octanol–water partition coefficient (Wildman–Crippen LogP) is 8.50. The molecule has 1 aliphatic rings. The van der Waals surface area contributed by atoms with Gasteiger partial charge < -0.3 is 19.3 Å². The van der Waals surface area contributed by atoms with Gasteiger partial charge in [-0.3, -0.25) is 0 Å². The number of hydrogen-bond donors (Lipinski definition) is 0. The van der Waals surface area contributed by atoms with Crippen LogP contribution in [0.5, 0.6) is 0 Å². The molecule has 2 aromatic heterocycles. The number of rotatable bonds is 4. The molecule has 0 saturated heterocycles. The Balaban J connectivity index is 0.000000162. The summed E-state index contributed by atoms with van der Waals surface area (Å²) in [5, 5.41) is 8.43. The second-order valence-electron chi connectivity index (χ2n) is 9.93. The van der Waals surface area contributed by atoms with Gasteiger partial charge in [0.1, 0.15) is 5.58 Å². The van der Waals surface area contributed by atoms with Crippen LogP contribution in [0.4, 0.5) is 5.69 Å². The number of aromatic nitrogens is 1. The van der Waals surface area contributed by atoms with Crippen molar-refractivity contribution in [2.45, 2.75) is 26.8 Å². The van der Waals surface area contributed by atoms with Gasteiger partial charge in [-0.1, -0.05) is 60.0 Å². The van der Waals surface area contributed by atoms with E-state index in [1.54, 1.807) is 0 Å². The number of aryl methyl sites for hydroxylation is 1. The molecule has 0 fully saturated rings. The minimum atomic E-state index is 0. The maximum Gasteiger partial charge on any atom is 3.00 e. The number of nitrogens with zero attached hydrogens (tertiary/aromatic N) is 4. The number of hydrogen-bond acceptors (Lipinski definition) is 5. The molecule has 3 heterocycles. The summed E-state index contributed by atoms with van der Waals surface area (Å²) in [6.45, 7) is 8.33. The van der Waals surface area contributed by atoms with Crippen LogP contribution >= 0.6 is 0 Å². The van der Waals surface area contributed by atoms with E-state index >= 15 is 0 Å². The molecule has 7 rings (SSSR count). The fourth-order valence-corrected chi connectivity index (χ4v) is 4.71. The maximum atomic E-state index is 6.01. The van der Waals surface area contributed by atoms with Crippen LogP contribution in [0.15, 0.2) is 113 Å². The van der Waals surface area contributed by atoms with Crippen molar-refractivity contribution in [2.24, 2.45) is 5.10 Å². The molecule has 41 heavy (non-hydrogen) atoms. The van der Waals surface area contributed by atoms with Gasteiger partial charge in [0.15, 0.2) is 0 Å². The smallest absolute Gasteiger partial charge is 0.514 e. The van der Waals surface area contributed by atoms with E-state index in [-0.39, 0.29) is 20.1 Å². The number of hydrazone groups is 1. The van der Waals surface area contributed by atoms with E-state index in [9.17, 15) is 0 Å². The number of fused-ring (bicyclic) bond motifs is 3. The minimum Gasteiger partial charge on any atom is -0.514 e. The Hall–Kier alpha value is -4.25. The van der Waals surface area contributed by atoms with Crippen LogP contribution in [-0.2, 0) is 20.1 Å². The first-order valence-electron chi connectivity index (χ1n) is 13.4. The molecule has 0 saturated carbocycles. The zero-order valence-corrected chi connectivity index (χ0v) is 25.5. The molecule has 4 aromatic carbocycles. The Morgan fingerprint density at radius 3 is 2.37 bits per heavy atom. The molecule has 6 heteroatoms. The number of furan rings is 1. The number of anilines is 1. The molecular formula is C35H29IrN4O. The van der Waals surface area contributed by atoms with Gasteiger partial charge in [0.25, 0.3) is 0 Å². The summed E-state index contributed by atoms with van der Waals surface area (Å²) in [6.07, 6.45) is 3.76. The van der Waals surface area contributed by atoms with E-state index in [0.717, 1.165) is 38.9 Å². The monoisotopic (exact) mass is 714 g/mol. The normalized spacial score (nSPS) is 12.5. The van der Waals surface area contributed by atoms with Crippen LogP contribution in [0.25, 0.3) is 44.3 Å². The predicted molar refractivity (Wildman–Crippen MR) is 163 cm³/mol. The van der Waals surface area contributed by atoms with Crippen molar-refractivity contribution in [1.29, 1.82) is 0 Å². The minimum absolute atomic E-state index is 0. The number of benzene rings is 4. The van der Waals surface area contributed by atoms with Crippen LogP contribution in [0, 0.1) is 25.7 Å². The molecule has 204 valence electrons. The molecule has 0 unspecified atom stereocenters. The van der Waals surface area contributed by atoms with E-state index in [4.69, 9.17) is 4.42 Å². The second kappa shape index (κ2) is 12.5. The first-order chi connectivity index (χ1) is 19.6. The van der Waals surface area contributed by atoms with Crippen molar-refractivity contribution in [3.63, 3.8) is 0 Å². The Bertz CT molecular complexity index is 1780. The molecule has 6 aromatic rings. The summed E-state index contributed by atoms with van der Waals surface area (Å²) < 4.78 is 6.01. The molecule has 0 aliphatic carbocycles. The Kier molecular flexibility index (Phi) is 8.63. The van der Waals surface area contributed by atoms with E-state index in [0.29, 0.717) is 6.04 Å². The molecule has 1 aliphatic heterocycles. The Morgan fingerprint density at radius 2 is 1.63 bits per heavy atom. The van der Waals surface area contributed by atoms with E-state index in [1.165, 1.54) is 16.7 Å². The van der Waals surface area contributed by atoms with Gasteiger partial charge in [-0.25, -0.2) is 0 Å². The Morgan fingerprint density at radius 1 is 0.854 bits per heavy atom. The van der Waals surface area contributed by atoms with Crippen LogP contribution in [-0.4, -0.2) is 22.3 Å². The van der Waals surface area contributed by atoms with Gasteiger partial charge in [-0.2, -0.15) is 23.3 Å². The van der Waals surface area contributed by atoms with Crippen molar-refractivity contribution in [3.8, 4) is 22.4 Å². The first-order valence-corrected chi connectivity index (χ1v) is 13.4. The largest absolute Gasteiger partial charge is 3.00 e. The summed E-state index contributed by atoms with van der Waals surface area (Å²) in [5.41, 5.74) is 8.16. The molecule has 0 N–H and O–H groups in total. The fraction of sp³-hybridized carbons (Fsp3) is 0.114. The molecule has 0 bridgehead atoms. The third kappa shape index (κ3) is 5.95. The third-order valence-corrected chi connectivity index (χ3v) is 6.88. The maximum absolute atomic E-state index is 6.01. The molecule has 5 nitrogen and oxygen atoms in total. The van der Waals surface area contributed by atoms with Crippen molar-refractivity contribution in [2.75, 3.05) is 5.01 Å². The third-order valence-electron chi connectivity index (χ3n) is 6.88. The van der Waals surface area contributed by atoms with Gasteiger partial charge in [0.2, 0.25) is 0 Å². The number of pyridine rings is 1. The Labute approximate surface area is 254 Å². The standard InChI is InChI=1S/C18H14N.C17H15N3O.Ir/c1-14-12-18(16-10-6-3-7-11-16)19-13-17(14)15-8-4-2-5-9-15;1-12(2)19-10-18-20(11-19)15-8-5-7-14-13-6-3-4-9-16(13)21-17(14)15;/h2-10,12-13H,1H3;3-7,9-12H,1-2H3;/q-1;-2;+3. The van der Waals surface area contributed by atoms with Gasteiger partial charge in [0.05, 0.1) is 6.34 Å². The zero-order valence-electron chi connectivity index (χ0n) is 23.1. The SMILES string of the molecule is CC(C)N1C=NN(c2[c-]ccc3c2oc2ccccc23)[CH-]1.Cc1cc(-c2[c-]cccc2)ncc1-c1ccccc1.[Ir+3]. The molecule has 0 spiro atoms. The number of para-hydroxylation sites is 1. The summed E-state index contributed by atoms with van der Waals surface area (Å²) in [7, 11) is 0. The summed E-state index contributed by atoms with van der Waals surface area (Å²) in [6, 6.07) is 39.2. The molecular weight excluding hydrogens is 685 g/mol. The summed E-state index contributed by atoms with van der Waals surface area (Å²) in [5.74, 6) is 0. The topological polar surface area (TPSA) is 44.9 Å². The zero-order chi connectivity index (χ0) is 27.5. The fourth-order valence-electron chi connectivity index (χ4n) is 4.71. The van der Waals surface area contributed by atoms with Crippen LogP contribution in [0.2, 0.25) is 0 Å². The van der Waals surface area contributed by atoms with E-state index < -0.39 is 0 Å². The first kappa shape index (κ1) is 28.3. The second-order valence-corrected chi connectivity index (χ2v) is 9.93. The van der Waals surface area contributed by atoms with E-state index in [2.05, 4.69) is 72.2 Å². The van der Waals surface area contributed by atoms with Gasteiger partial charge in [-0.05, 0) is 55.4 Å².